The minimum atomic E-state index is -4.11. The number of nitro groups is 1. The second-order valence-electron chi connectivity index (χ2n) is 13.3. The van der Waals surface area contributed by atoms with Crippen LogP contribution in [0.15, 0.2) is 77.8 Å². The number of rotatable bonds is 16. The first-order valence-corrected chi connectivity index (χ1v) is 18.1. The van der Waals surface area contributed by atoms with Crippen LogP contribution >= 0.6 is 0 Å². The zero-order chi connectivity index (χ0) is 37.6. The Kier molecular flexibility index (Phi) is 11.8. The van der Waals surface area contributed by atoms with Crippen molar-refractivity contribution < 1.29 is 27.7 Å². The van der Waals surface area contributed by atoms with E-state index in [0.717, 1.165) is 24.6 Å². The van der Waals surface area contributed by atoms with Crippen molar-refractivity contribution in [1.29, 1.82) is 0 Å². The molecule has 0 saturated heterocycles. The Labute approximate surface area is 298 Å². The van der Waals surface area contributed by atoms with Crippen LogP contribution in [-0.2, 0) is 25.6 Å². The van der Waals surface area contributed by atoms with Crippen molar-refractivity contribution in [2.45, 2.75) is 89.6 Å². The summed E-state index contributed by atoms with van der Waals surface area (Å²) in [5, 5.41) is 13.8. The summed E-state index contributed by atoms with van der Waals surface area (Å²) in [7, 11) is -4.11. The Bertz CT molecular complexity index is 1990. The third-order valence-electron chi connectivity index (χ3n) is 9.06. The number of hydrazine groups is 1. The molecule has 51 heavy (non-hydrogen) atoms. The zero-order valence-electron chi connectivity index (χ0n) is 29.8. The van der Waals surface area contributed by atoms with Gasteiger partial charge >= 0.3 is 11.7 Å². The third-order valence-corrected chi connectivity index (χ3v) is 10.4. The molecule has 0 spiro atoms. The molecule has 0 radical (unpaired) electrons. The van der Waals surface area contributed by atoms with Crippen LogP contribution in [0, 0.1) is 10.1 Å². The fourth-order valence-corrected chi connectivity index (χ4v) is 6.09. The molecule has 14 nitrogen and oxygen atoms in total. The van der Waals surface area contributed by atoms with E-state index in [1.165, 1.54) is 35.9 Å². The third kappa shape index (κ3) is 9.22. The molecule has 0 fully saturated rings. The largest absolute Gasteiger partial charge is 0.480 e. The van der Waals surface area contributed by atoms with Crippen LogP contribution in [0.5, 0.6) is 5.75 Å². The summed E-state index contributed by atoms with van der Waals surface area (Å²) in [5.74, 6) is -1.50. The van der Waals surface area contributed by atoms with Gasteiger partial charge in [-0.1, -0.05) is 78.8 Å². The van der Waals surface area contributed by atoms with E-state index in [1.54, 1.807) is 18.2 Å². The Hall–Kier alpha value is -5.44. The molecule has 3 aromatic carbocycles. The van der Waals surface area contributed by atoms with E-state index in [-0.39, 0.29) is 38.6 Å². The minimum absolute atomic E-state index is 0.0162. The molecule has 1 atom stereocenters. The topological polar surface area (TPSA) is 197 Å². The lowest BCUT2D eigenvalue weighted by atomic mass is 9.76. The van der Waals surface area contributed by atoms with Crippen molar-refractivity contribution >= 4 is 44.7 Å². The molecule has 0 aliphatic rings. The van der Waals surface area contributed by atoms with Gasteiger partial charge in [0.15, 0.2) is 6.10 Å². The summed E-state index contributed by atoms with van der Waals surface area (Å²) >= 11 is 0. The maximum atomic E-state index is 13.7. The predicted molar refractivity (Wildman–Crippen MR) is 196 cm³/mol. The fourth-order valence-electron chi connectivity index (χ4n) is 5.00. The Morgan fingerprint density at radius 3 is 2.24 bits per heavy atom. The number of aromatic nitrogens is 2. The monoisotopic (exact) mass is 719 g/mol. The molecule has 15 heteroatoms. The van der Waals surface area contributed by atoms with Crippen molar-refractivity contribution in [3.63, 3.8) is 0 Å². The second-order valence-corrected chi connectivity index (χ2v) is 15.0. The summed E-state index contributed by atoms with van der Waals surface area (Å²) < 4.78 is 35.5. The number of hydrogen-bond donors (Lipinski definition) is 5. The van der Waals surface area contributed by atoms with Crippen LogP contribution in [0.1, 0.15) is 89.5 Å². The number of nitrogens with zero attached hydrogens (tertiary/aromatic N) is 2. The number of aromatic amines is 1. The molecule has 272 valence electrons. The van der Waals surface area contributed by atoms with E-state index in [0.29, 0.717) is 12.2 Å². The number of amides is 2. The molecule has 2 amide bonds. The van der Waals surface area contributed by atoms with Gasteiger partial charge in [0.1, 0.15) is 11.9 Å². The highest BCUT2D eigenvalue weighted by Gasteiger charge is 2.29. The summed E-state index contributed by atoms with van der Waals surface area (Å²) in [6.45, 7) is 14.8. The quantitative estimate of drug-likeness (QED) is 0.0595. The lowest BCUT2D eigenvalue weighted by Gasteiger charge is -2.31. The molecular weight excluding hydrogens is 675 g/mol. The van der Waals surface area contributed by atoms with Crippen LogP contribution in [0.3, 0.4) is 0 Å². The number of benzene rings is 3. The number of carbonyl (C=O) groups excluding carboxylic acids is 2. The van der Waals surface area contributed by atoms with Gasteiger partial charge < -0.3 is 20.2 Å². The highest BCUT2D eigenvalue weighted by atomic mass is 32.2. The van der Waals surface area contributed by atoms with E-state index in [9.17, 15) is 28.1 Å². The number of H-pyrrole nitrogens is 1. The average Bonchev–Trinajstić information content (AvgIpc) is 3.61. The summed E-state index contributed by atoms with van der Waals surface area (Å²) in [6, 6.07) is 18.2. The fraction of sp³-hybridized carbons (Fsp3) is 0.361. The van der Waals surface area contributed by atoms with E-state index < -0.39 is 38.7 Å². The predicted octanol–water partition coefficient (Wildman–Crippen LogP) is 7.05. The molecule has 5 N–H and O–H groups in total. The Morgan fingerprint density at radius 2 is 1.63 bits per heavy atom. The summed E-state index contributed by atoms with van der Waals surface area (Å²) in [4.78, 5) is 42.5. The SMILES string of the molecule is CCC(Oc1ccc(C(C)(C)CC)cc1C(C)(C)CC)C(=O)Nc1ccc(NNC(=O)c2ncc([N+](=O)[O-])[nH]2)c(NS(=O)(=O)c2ccccc2)c1. The van der Waals surface area contributed by atoms with Crippen molar-refractivity contribution in [3.8, 4) is 5.75 Å². The lowest BCUT2D eigenvalue weighted by molar-refractivity contribution is -0.389. The van der Waals surface area contributed by atoms with Crippen LogP contribution in [0.4, 0.5) is 22.9 Å². The number of hydrogen-bond acceptors (Lipinski definition) is 9. The van der Waals surface area contributed by atoms with Gasteiger partial charge in [0.25, 0.3) is 21.8 Å². The van der Waals surface area contributed by atoms with Crippen LogP contribution in [0.25, 0.3) is 0 Å². The van der Waals surface area contributed by atoms with Crippen molar-refractivity contribution in [2.75, 3.05) is 15.5 Å². The van der Waals surface area contributed by atoms with Gasteiger partial charge in [-0.3, -0.25) is 25.2 Å². The number of sulfonamides is 1. The smallest absolute Gasteiger partial charge is 0.341 e. The molecule has 0 aliphatic carbocycles. The van der Waals surface area contributed by atoms with Gasteiger partial charge in [0.2, 0.25) is 0 Å². The lowest BCUT2D eigenvalue weighted by Crippen LogP contribution is -2.33. The first kappa shape index (κ1) is 38.4. The van der Waals surface area contributed by atoms with Gasteiger partial charge in [-0.25, -0.2) is 18.4 Å². The molecular formula is C36H45N7O7S. The van der Waals surface area contributed by atoms with E-state index in [4.69, 9.17) is 4.74 Å². The zero-order valence-corrected chi connectivity index (χ0v) is 30.6. The number of ether oxygens (including phenoxy) is 1. The summed E-state index contributed by atoms with van der Waals surface area (Å²) in [6.07, 6.45) is 2.18. The maximum absolute atomic E-state index is 13.7. The molecule has 0 aliphatic heterocycles. The van der Waals surface area contributed by atoms with Crippen LogP contribution in [-0.4, -0.2) is 41.2 Å². The molecule has 1 aromatic heterocycles. The normalized spacial score (nSPS) is 12.5. The molecule has 1 heterocycles. The standard InChI is InChI=1S/C36H45N7O7S/c1-8-29(50-30-19-16-23(35(4,5)9-2)20-26(30)36(6,7)10-3)33(44)38-24-17-18-27(40-41-34(45)32-37-22-31(39-32)43(46)47)28(21-24)42-51(48,49)25-14-12-11-13-15-25/h11-22,29,40,42H,8-10H2,1-7H3,(H,37,39)(H,38,44)(H,41,45). The average molecular weight is 720 g/mol. The molecule has 0 saturated carbocycles. The number of anilines is 3. The molecule has 0 bridgehead atoms. The summed E-state index contributed by atoms with van der Waals surface area (Å²) in [5.41, 5.74) is 7.23. The molecule has 1 unspecified atom stereocenters. The highest BCUT2D eigenvalue weighted by Crippen LogP contribution is 2.39. The van der Waals surface area contributed by atoms with Gasteiger partial charge in [-0.15, -0.1) is 0 Å². The van der Waals surface area contributed by atoms with Crippen molar-refractivity contribution in [1.82, 2.24) is 15.4 Å². The molecule has 4 rings (SSSR count). The van der Waals surface area contributed by atoms with E-state index >= 15 is 0 Å². The number of nitrogens with one attached hydrogen (secondary N) is 5. The van der Waals surface area contributed by atoms with Gasteiger partial charge in [-0.2, -0.15) is 0 Å². The molecule has 4 aromatic rings. The first-order chi connectivity index (χ1) is 24.0. The number of carbonyl (C=O) groups is 2. The second kappa shape index (κ2) is 15.6. The van der Waals surface area contributed by atoms with Gasteiger partial charge in [-0.05, 0) is 77.0 Å². The van der Waals surface area contributed by atoms with Gasteiger partial charge in [0.05, 0.1) is 16.3 Å². The van der Waals surface area contributed by atoms with E-state index in [1.807, 2.05) is 19.1 Å². The first-order valence-electron chi connectivity index (χ1n) is 16.6. The van der Waals surface area contributed by atoms with Crippen molar-refractivity contribution in [3.05, 3.63) is 100.0 Å². The van der Waals surface area contributed by atoms with Crippen LogP contribution in [0.2, 0.25) is 0 Å². The van der Waals surface area contributed by atoms with E-state index in [2.05, 4.69) is 78.5 Å². The Morgan fingerprint density at radius 1 is 0.941 bits per heavy atom. The Balaban J connectivity index is 1.61. The van der Waals surface area contributed by atoms with Crippen LogP contribution < -0.4 is 25.6 Å². The maximum Gasteiger partial charge on any atom is 0.341 e. The minimum Gasteiger partial charge on any atom is -0.480 e. The highest BCUT2D eigenvalue weighted by molar-refractivity contribution is 7.92. The number of imidazole rings is 1. The van der Waals surface area contributed by atoms with Crippen molar-refractivity contribution in [2.24, 2.45) is 0 Å². The van der Waals surface area contributed by atoms with Gasteiger partial charge in [0, 0.05) is 11.3 Å².